The van der Waals surface area contributed by atoms with Crippen LogP contribution in [0.5, 0.6) is 0 Å². The summed E-state index contributed by atoms with van der Waals surface area (Å²) in [6.07, 6.45) is 0. The minimum absolute atomic E-state index is 0.501. The third-order valence-corrected chi connectivity index (χ3v) is 3.64. The lowest BCUT2D eigenvalue weighted by Crippen LogP contribution is -2.24. The van der Waals surface area contributed by atoms with Crippen LogP contribution in [-0.2, 0) is 19.6 Å². The maximum absolute atomic E-state index is 5.79. The predicted molar refractivity (Wildman–Crippen MR) is 98.9 cm³/mol. The molecule has 128 valence electrons. The normalized spacial score (nSPS) is 10.9. The molecule has 0 unspecified atom stereocenters. The first kappa shape index (κ1) is 16.7. The maximum atomic E-state index is 5.79. The molecule has 25 heavy (non-hydrogen) atoms. The number of aromatic nitrogens is 3. The van der Waals surface area contributed by atoms with Gasteiger partial charge in [-0.05, 0) is 36.4 Å². The smallest absolute Gasteiger partial charge is 0.123 e. The lowest BCUT2D eigenvalue weighted by molar-refractivity contribution is 0.239. The molecular weight excluding hydrogens is 314 g/mol. The molecule has 0 fully saturated rings. The summed E-state index contributed by atoms with van der Waals surface area (Å²) in [4.78, 5) is 15.3. The average Bonchev–Trinajstić information content (AvgIpc) is 2.55. The van der Waals surface area contributed by atoms with Crippen LogP contribution in [0.3, 0.4) is 0 Å². The molecule has 3 aromatic rings. The van der Waals surface area contributed by atoms with Crippen LogP contribution >= 0.6 is 0 Å². The Labute approximate surface area is 146 Å². The Morgan fingerprint density at radius 2 is 0.880 bits per heavy atom. The van der Waals surface area contributed by atoms with Crippen molar-refractivity contribution in [1.82, 2.24) is 19.9 Å². The molecule has 0 radical (unpaired) electrons. The summed E-state index contributed by atoms with van der Waals surface area (Å²) in [5.41, 5.74) is 20.0. The van der Waals surface area contributed by atoms with Crippen LogP contribution in [0.1, 0.15) is 17.1 Å². The zero-order valence-corrected chi connectivity index (χ0v) is 13.8. The fraction of sp³-hybridized carbons (Fsp3) is 0.167. The van der Waals surface area contributed by atoms with Crippen molar-refractivity contribution in [1.29, 1.82) is 0 Å². The van der Waals surface area contributed by atoms with E-state index in [1.54, 1.807) is 18.2 Å². The first-order chi connectivity index (χ1) is 12.1. The van der Waals surface area contributed by atoms with Crippen molar-refractivity contribution >= 4 is 17.5 Å². The standard InChI is InChI=1S/C18H21N7/c19-16-7-1-4-13(22-16)10-25(11-14-5-2-8-17(20)23-14)12-15-6-3-9-18(21)24-15/h1-9H,10-12H2,(H2,19,22)(H2,20,23)(H2,21,24). The van der Waals surface area contributed by atoms with Gasteiger partial charge in [-0.25, -0.2) is 15.0 Å². The highest BCUT2D eigenvalue weighted by molar-refractivity contribution is 5.31. The minimum atomic E-state index is 0.501. The Bertz CT molecular complexity index is 737. The number of anilines is 3. The van der Waals surface area contributed by atoms with Gasteiger partial charge >= 0.3 is 0 Å². The van der Waals surface area contributed by atoms with E-state index in [0.717, 1.165) is 17.1 Å². The van der Waals surface area contributed by atoms with E-state index in [4.69, 9.17) is 17.2 Å². The quantitative estimate of drug-likeness (QED) is 0.628. The summed E-state index contributed by atoms with van der Waals surface area (Å²) in [6.45, 7) is 1.83. The average molecular weight is 335 g/mol. The van der Waals surface area contributed by atoms with Crippen molar-refractivity contribution in [2.24, 2.45) is 0 Å². The molecule has 0 saturated heterocycles. The van der Waals surface area contributed by atoms with Gasteiger partial charge in [0, 0.05) is 19.6 Å². The molecule has 0 bridgehead atoms. The summed E-state index contributed by atoms with van der Waals surface area (Å²) in [5, 5.41) is 0. The molecule has 0 aliphatic rings. The van der Waals surface area contributed by atoms with Crippen LogP contribution in [0.15, 0.2) is 54.6 Å². The van der Waals surface area contributed by atoms with Gasteiger partial charge in [0.1, 0.15) is 17.5 Å². The second-order valence-electron chi connectivity index (χ2n) is 5.81. The second kappa shape index (κ2) is 7.59. The lowest BCUT2D eigenvalue weighted by Gasteiger charge is -2.21. The number of nitrogens with zero attached hydrogens (tertiary/aromatic N) is 4. The Balaban J connectivity index is 1.82. The van der Waals surface area contributed by atoms with Gasteiger partial charge in [-0.1, -0.05) is 18.2 Å². The van der Waals surface area contributed by atoms with Crippen molar-refractivity contribution in [2.75, 3.05) is 17.2 Å². The van der Waals surface area contributed by atoms with Crippen LogP contribution in [0.2, 0.25) is 0 Å². The second-order valence-corrected chi connectivity index (χ2v) is 5.81. The Hall–Kier alpha value is -3.19. The third-order valence-electron chi connectivity index (χ3n) is 3.64. The third kappa shape index (κ3) is 4.89. The van der Waals surface area contributed by atoms with Crippen LogP contribution in [-0.4, -0.2) is 19.9 Å². The topological polar surface area (TPSA) is 120 Å². The minimum Gasteiger partial charge on any atom is -0.384 e. The fourth-order valence-electron chi connectivity index (χ4n) is 2.61. The number of nitrogens with two attached hydrogens (primary N) is 3. The van der Waals surface area contributed by atoms with Gasteiger partial charge in [-0.2, -0.15) is 0 Å². The number of pyridine rings is 3. The molecule has 0 atom stereocenters. The molecule has 0 aliphatic heterocycles. The largest absolute Gasteiger partial charge is 0.384 e. The molecule has 0 saturated carbocycles. The SMILES string of the molecule is Nc1cccc(CN(Cc2cccc(N)n2)Cc2cccc(N)n2)n1. The van der Waals surface area contributed by atoms with Crippen LogP contribution < -0.4 is 17.2 Å². The van der Waals surface area contributed by atoms with E-state index in [-0.39, 0.29) is 0 Å². The lowest BCUT2D eigenvalue weighted by atomic mass is 10.2. The van der Waals surface area contributed by atoms with Gasteiger partial charge in [0.2, 0.25) is 0 Å². The summed E-state index contributed by atoms with van der Waals surface area (Å²) in [5.74, 6) is 1.50. The van der Waals surface area contributed by atoms with Crippen molar-refractivity contribution in [3.63, 3.8) is 0 Å². The van der Waals surface area contributed by atoms with Crippen LogP contribution in [0.25, 0.3) is 0 Å². The first-order valence-electron chi connectivity index (χ1n) is 7.95. The summed E-state index contributed by atoms with van der Waals surface area (Å²) < 4.78 is 0. The van der Waals surface area contributed by atoms with E-state index >= 15 is 0 Å². The highest BCUT2D eigenvalue weighted by Gasteiger charge is 2.11. The van der Waals surface area contributed by atoms with Gasteiger partial charge in [-0.15, -0.1) is 0 Å². The Kier molecular flexibility index (Phi) is 5.06. The zero-order valence-electron chi connectivity index (χ0n) is 13.8. The van der Waals surface area contributed by atoms with E-state index in [1.165, 1.54) is 0 Å². The van der Waals surface area contributed by atoms with E-state index in [2.05, 4.69) is 19.9 Å². The van der Waals surface area contributed by atoms with Crippen LogP contribution in [0.4, 0.5) is 17.5 Å². The fourth-order valence-corrected chi connectivity index (χ4v) is 2.61. The van der Waals surface area contributed by atoms with Gasteiger partial charge < -0.3 is 17.2 Å². The van der Waals surface area contributed by atoms with Gasteiger partial charge in [0.05, 0.1) is 17.1 Å². The van der Waals surface area contributed by atoms with Gasteiger partial charge in [-0.3, -0.25) is 4.90 Å². The number of hydrogen-bond donors (Lipinski definition) is 3. The van der Waals surface area contributed by atoms with E-state index < -0.39 is 0 Å². The van der Waals surface area contributed by atoms with Gasteiger partial charge in [0.15, 0.2) is 0 Å². The van der Waals surface area contributed by atoms with Crippen molar-refractivity contribution in [3.05, 3.63) is 71.7 Å². The molecule has 0 aromatic carbocycles. The zero-order chi connectivity index (χ0) is 17.6. The van der Waals surface area contributed by atoms with Crippen molar-refractivity contribution in [2.45, 2.75) is 19.6 Å². The monoisotopic (exact) mass is 335 g/mol. The highest BCUT2D eigenvalue weighted by atomic mass is 15.1. The van der Waals surface area contributed by atoms with Gasteiger partial charge in [0.25, 0.3) is 0 Å². The maximum Gasteiger partial charge on any atom is 0.123 e. The Morgan fingerprint density at radius 1 is 0.560 bits per heavy atom. The van der Waals surface area contributed by atoms with E-state index in [0.29, 0.717) is 37.1 Å². The molecule has 3 heterocycles. The van der Waals surface area contributed by atoms with Crippen molar-refractivity contribution < 1.29 is 0 Å². The predicted octanol–water partition coefficient (Wildman–Crippen LogP) is 1.82. The molecule has 7 nitrogen and oxygen atoms in total. The number of nitrogen functional groups attached to an aromatic ring is 3. The van der Waals surface area contributed by atoms with Crippen molar-refractivity contribution in [3.8, 4) is 0 Å². The number of rotatable bonds is 6. The molecule has 0 spiro atoms. The molecule has 3 rings (SSSR count). The molecular formula is C18H21N7. The number of hydrogen-bond acceptors (Lipinski definition) is 7. The molecule has 0 aliphatic carbocycles. The van der Waals surface area contributed by atoms with E-state index in [1.807, 2.05) is 36.4 Å². The van der Waals surface area contributed by atoms with E-state index in [9.17, 15) is 0 Å². The molecule has 3 aromatic heterocycles. The molecule has 6 N–H and O–H groups in total. The summed E-state index contributed by atoms with van der Waals surface area (Å²) in [6, 6.07) is 16.8. The Morgan fingerprint density at radius 3 is 1.16 bits per heavy atom. The highest BCUT2D eigenvalue weighted by Crippen LogP contribution is 2.13. The molecule has 7 heteroatoms. The van der Waals surface area contributed by atoms with Crippen LogP contribution in [0, 0.1) is 0 Å². The first-order valence-corrected chi connectivity index (χ1v) is 7.95. The molecule has 0 amide bonds. The summed E-state index contributed by atoms with van der Waals surface area (Å²) >= 11 is 0. The summed E-state index contributed by atoms with van der Waals surface area (Å²) in [7, 11) is 0.